The maximum absolute atomic E-state index is 14.5. The molecule has 6 atom stereocenters. The monoisotopic (exact) mass is 1020 g/mol. The maximum atomic E-state index is 14.5. The molecule has 2 amide bonds. The number of benzene rings is 2. The van der Waals surface area contributed by atoms with E-state index in [0.717, 1.165) is 49.7 Å². The van der Waals surface area contributed by atoms with Gasteiger partial charge in [0, 0.05) is 54.0 Å². The molecule has 4 saturated heterocycles. The number of primary sulfonamides is 2. The highest BCUT2D eigenvalue weighted by Crippen LogP contribution is 2.49. The summed E-state index contributed by atoms with van der Waals surface area (Å²) in [4.78, 5) is 36.5. The van der Waals surface area contributed by atoms with Crippen LogP contribution >= 0.6 is 15.9 Å². The van der Waals surface area contributed by atoms with Gasteiger partial charge in [0.05, 0.1) is 14.3 Å². The number of fused-ring (bicyclic) bond motifs is 4. The lowest BCUT2D eigenvalue weighted by Gasteiger charge is -2.28. The van der Waals surface area contributed by atoms with Crippen molar-refractivity contribution in [2.75, 3.05) is 0 Å². The van der Waals surface area contributed by atoms with Crippen molar-refractivity contribution in [3.05, 3.63) is 101 Å². The van der Waals surface area contributed by atoms with Crippen LogP contribution < -0.4 is 15.7 Å². The largest absolute Gasteiger partial charge is 0.488 e. The minimum Gasteiger partial charge on any atom is -0.444 e. The molecular formula is C44H54BBrF2N6O10S2. The Balaban J connectivity index is 0.000000179. The molecule has 2 aromatic carbocycles. The predicted molar refractivity (Wildman–Crippen MR) is 245 cm³/mol. The number of pyridine rings is 2. The maximum Gasteiger partial charge on any atom is 0.488 e. The van der Waals surface area contributed by atoms with E-state index < -0.39 is 50.3 Å². The summed E-state index contributed by atoms with van der Waals surface area (Å²) in [7, 11) is -9.14. The van der Waals surface area contributed by atoms with Gasteiger partial charge in [-0.3, -0.25) is 0 Å². The molecule has 4 aliphatic heterocycles. The molecule has 0 radical (unpaired) electrons. The third kappa shape index (κ3) is 12.1. The average Bonchev–Trinajstić information content (AvgIpc) is 4.01. The second-order valence-electron chi connectivity index (χ2n) is 18.8. The van der Waals surface area contributed by atoms with Gasteiger partial charge in [-0.05, 0) is 155 Å². The Kier molecular flexibility index (Phi) is 15.1. The first-order valence-corrected chi connectivity index (χ1v) is 25.1. The van der Waals surface area contributed by atoms with Crippen LogP contribution in [-0.4, -0.2) is 101 Å². The fourth-order valence-electron chi connectivity index (χ4n) is 9.05. The topological polar surface area (TPSA) is 246 Å². The average molecular weight is 1020 g/mol. The van der Waals surface area contributed by atoms with Gasteiger partial charge in [0.1, 0.15) is 11.2 Å². The number of hydrogen-bond acceptors (Lipinski definition) is 12. The molecule has 0 spiro atoms. The zero-order valence-corrected chi connectivity index (χ0v) is 40.5. The van der Waals surface area contributed by atoms with Gasteiger partial charge in [-0.15, -0.1) is 0 Å². The number of rotatable bonds is 6. The smallest absolute Gasteiger partial charge is 0.444 e. The number of ether oxygens (including phenoxy) is 2. The number of hydrogen-bond donors (Lipinski definition) is 4. The molecule has 2 aromatic heterocycles. The Morgan fingerprint density at radius 3 is 1.50 bits per heavy atom. The lowest BCUT2D eigenvalue weighted by atomic mass is 9.81. The second kappa shape index (κ2) is 19.6. The normalized spacial score (nSPS) is 22.3. The zero-order chi connectivity index (χ0) is 48.7. The molecule has 0 saturated carbocycles. The van der Waals surface area contributed by atoms with E-state index in [2.05, 4.69) is 25.9 Å². The molecule has 4 fully saturated rings. The highest BCUT2D eigenvalue weighted by molar-refractivity contribution is 9.10. The van der Waals surface area contributed by atoms with Crippen LogP contribution in [0.25, 0.3) is 11.1 Å². The summed E-state index contributed by atoms with van der Waals surface area (Å²) in [5.41, 5.74) is 1.78. The van der Waals surface area contributed by atoms with Crippen LogP contribution in [0.15, 0.2) is 87.3 Å². The quantitative estimate of drug-likeness (QED) is 0.128. The van der Waals surface area contributed by atoms with E-state index in [1.54, 1.807) is 18.3 Å². The number of aromatic nitrogens is 2. The molecule has 6 unspecified atom stereocenters. The minimum absolute atomic E-state index is 0.00952. The zero-order valence-electron chi connectivity index (χ0n) is 37.3. The van der Waals surface area contributed by atoms with Gasteiger partial charge >= 0.3 is 19.3 Å². The van der Waals surface area contributed by atoms with Crippen molar-refractivity contribution in [1.29, 1.82) is 0 Å². The number of sulfonamides is 2. The van der Waals surface area contributed by atoms with E-state index in [4.69, 9.17) is 29.8 Å². The van der Waals surface area contributed by atoms with Crippen molar-refractivity contribution in [1.82, 2.24) is 19.8 Å². The van der Waals surface area contributed by atoms with Crippen LogP contribution in [0.5, 0.6) is 0 Å². The van der Waals surface area contributed by atoms with Crippen LogP contribution in [0.3, 0.4) is 0 Å². The molecule has 16 nitrogen and oxygen atoms in total. The molecule has 6 N–H and O–H groups in total. The number of halogens is 3. The summed E-state index contributed by atoms with van der Waals surface area (Å²) in [6.45, 7) is 11.2. The van der Waals surface area contributed by atoms with Crippen molar-refractivity contribution in [2.24, 2.45) is 10.3 Å². The Bertz CT molecular complexity index is 2660. The van der Waals surface area contributed by atoms with Gasteiger partial charge in [-0.25, -0.2) is 46.7 Å². The predicted octanol–water partition coefficient (Wildman–Crippen LogP) is 6.04. The van der Waals surface area contributed by atoms with Gasteiger partial charge in [-0.2, -0.15) is 8.78 Å². The third-order valence-corrected chi connectivity index (χ3v) is 14.2. The molecule has 4 aliphatic rings. The van der Waals surface area contributed by atoms with Gasteiger partial charge in [0.25, 0.3) is 0 Å². The van der Waals surface area contributed by atoms with E-state index >= 15 is 0 Å². The van der Waals surface area contributed by atoms with E-state index in [0.29, 0.717) is 10.0 Å². The lowest BCUT2D eigenvalue weighted by molar-refractivity contribution is 0.0201. The molecule has 356 valence electrons. The third-order valence-electron chi connectivity index (χ3n) is 11.8. The Morgan fingerprint density at radius 2 is 1.11 bits per heavy atom. The standard InChI is InChI=1S/C22H26FN3O4S.C16H20BrFN2O2.C6H8BNO4S/c1-22(2,3)30-21(27)26-15-6-9-19(26)17(11-15)14-10-18(20(23)25-12-14)13-4-7-16(8-5-13)31(24,28)29;1-16(2,3)22-15(21)20-10-4-5-13(20)11(7-10)9-6-12(17)14(18)19-8-9;8-13(11,12)6-3-1-5(2-4-6)7(9)10/h4-5,7-8,10,12,15,17,19H,6,9,11H2,1-3H3,(H2,24,28,29);6,8,10-11,13H,4-5,7H2,1-3H3;1-4,9-10H,(H2,8,11,12). The summed E-state index contributed by atoms with van der Waals surface area (Å²) in [6, 6.07) is 14.7. The van der Waals surface area contributed by atoms with E-state index in [-0.39, 0.29) is 69.0 Å². The SMILES string of the molecule is CC(C)(C)OC(=O)N1C2CCC1C(c1cnc(F)c(-c3ccc(S(N)(=O)=O)cc3)c1)C2.CC(C)(C)OC(=O)N1C2CCC1C(c1cnc(F)c(Br)c1)C2.NS(=O)(=O)c1ccc(B(O)O)cc1. The molecule has 0 aliphatic carbocycles. The van der Waals surface area contributed by atoms with E-state index in [1.807, 2.05) is 51.3 Å². The van der Waals surface area contributed by atoms with Gasteiger partial charge in [-0.1, -0.05) is 24.3 Å². The Labute approximate surface area is 392 Å². The molecular weight excluding hydrogens is 965 g/mol. The van der Waals surface area contributed by atoms with Crippen LogP contribution in [0, 0.1) is 11.9 Å². The Hall–Kier alpha value is -4.58. The number of amides is 2. The molecule has 66 heavy (non-hydrogen) atoms. The molecule has 4 bridgehead atoms. The van der Waals surface area contributed by atoms with E-state index in [9.17, 15) is 35.2 Å². The van der Waals surface area contributed by atoms with Crippen molar-refractivity contribution in [3.63, 3.8) is 0 Å². The summed E-state index contributed by atoms with van der Waals surface area (Å²) in [5.74, 6) is -0.896. The highest BCUT2D eigenvalue weighted by atomic mass is 79.9. The van der Waals surface area contributed by atoms with Crippen molar-refractivity contribution in [3.8, 4) is 11.1 Å². The number of nitrogens with zero attached hydrogens (tertiary/aromatic N) is 4. The highest BCUT2D eigenvalue weighted by Gasteiger charge is 2.51. The van der Waals surface area contributed by atoms with E-state index in [1.165, 1.54) is 54.7 Å². The molecule has 8 rings (SSSR count). The molecule has 4 aromatic rings. The minimum atomic E-state index is -3.83. The first-order valence-electron chi connectivity index (χ1n) is 21.2. The fraction of sp³-hybridized carbons (Fsp3) is 0.455. The van der Waals surface area contributed by atoms with Gasteiger partial charge in [0.2, 0.25) is 31.9 Å². The van der Waals surface area contributed by atoms with Crippen LogP contribution in [0.1, 0.15) is 103 Å². The van der Waals surface area contributed by atoms with Crippen molar-refractivity contribution < 1.29 is 54.7 Å². The Morgan fingerprint density at radius 1 is 0.697 bits per heavy atom. The lowest BCUT2D eigenvalue weighted by Crippen LogP contribution is -2.40. The van der Waals surface area contributed by atoms with Crippen molar-refractivity contribution >= 4 is 60.7 Å². The summed E-state index contributed by atoms with van der Waals surface area (Å²) < 4.78 is 83.8. The van der Waals surface area contributed by atoms with Crippen LogP contribution in [-0.2, 0) is 29.5 Å². The van der Waals surface area contributed by atoms with Crippen LogP contribution in [0.2, 0.25) is 0 Å². The summed E-state index contributed by atoms with van der Waals surface area (Å²) in [5, 5.41) is 27.4. The first kappa shape index (κ1) is 50.8. The first-order chi connectivity index (χ1) is 30.6. The molecule has 22 heteroatoms. The number of nitrogens with two attached hydrogens (primary N) is 2. The van der Waals surface area contributed by atoms with Crippen LogP contribution in [0.4, 0.5) is 18.4 Å². The fourth-order valence-corrected chi connectivity index (χ4v) is 10.5. The number of carbonyl (C=O) groups excluding carboxylic acids is 2. The summed E-state index contributed by atoms with van der Waals surface area (Å²) in [6.07, 6.45) is 7.99. The summed E-state index contributed by atoms with van der Waals surface area (Å²) >= 11 is 3.19. The second-order valence-corrected chi connectivity index (χ2v) is 22.7. The van der Waals surface area contributed by atoms with Gasteiger partial charge in [0.15, 0.2) is 0 Å². The molecule has 6 heterocycles. The van der Waals surface area contributed by atoms with Crippen molar-refractivity contribution in [2.45, 2.75) is 137 Å². The van der Waals surface area contributed by atoms with Gasteiger partial charge < -0.3 is 29.3 Å². The number of carbonyl (C=O) groups is 2.